The van der Waals surface area contributed by atoms with Gasteiger partial charge in [-0.15, -0.1) is 0 Å². The van der Waals surface area contributed by atoms with Crippen molar-refractivity contribution >= 4 is 17.6 Å². The van der Waals surface area contributed by atoms with E-state index in [9.17, 15) is 19.1 Å². The lowest BCUT2D eigenvalue weighted by Gasteiger charge is -2.23. The van der Waals surface area contributed by atoms with E-state index in [0.29, 0.717) is 18.7 Å². The third-order valence-electron chi connectivity index (χ3n) is 3.25. The van der Waals surface area contributed by atoms with Gasteiger partial charge in [0.05, 0.1) is 6.10 Å². The first-order valence-corrected chi connectivity index (χ1v) is 6.44. The van der Waals surface area contributed by atoms with Gasteiger partial charge in [-0.1, -0.05) is 0 Å². The molecular formula is C14H15FNO4-. The molecule has 2 rings (SSSR count). The molecule has 0 aromatic heterocycles. The molecule has 0 saturated carbocycles. The van der Waals surface area contributed by atoms with Crippen molar-refractivity contribution in [2.75, 3.05) is 11.9 Å². The first kappa shape index (κ1) is 14.5. The SMILES string of the molecule is O=C(C[C@@H](C(=O)[O-])[C@@H]1CCCO1)Nc1ccc(F)cc1. The average Bonchev–Trinajstić information content (AvgIpc) is 2.92. The number of hydrogen-bond acceptors (Lipinski definition) is 4. The zero-order chi connectivity index (χ0) is 14.5. The van der Waals surface area contributed by atoms with Crippen LogP contribution >= 0.6 is 0 Å². The van der Waals surface area contributed by atoms with Crippen molar-refractivity contribution in [1.82, 2.24) is 0 Å². The molecule has 6 heteroatoms. The summed E-state index contributed by atoms with van der Waals surface area (Å²) in [6.45, 7) is 0.508. The minimum atomic E-state index is -1.29. The van der Waals surface area contributed by atoms with Gasteiger partial charge in [0.1, 0.15) is 5.82 Å². The number of carbonyl (C=O) groups is 2. The van der Waals surface area contributed by atoms with Crippen LogP contribution in [-0.2, 0) is 14.3 Å². The van der Waals surface area contributed by atoms with Crippen LogP contribution < -0.4 is 10.4 Å². The van der Waals surface area contributed by atoms with Crippen LogP contribution in [0.25, 0.3) is 0 Å². The summed E-state index contributed by atoms with van der Waals surface area (Å²) in [7, 11) is 0. The summed E-state index contributed by atoms with van der Waals surface area (Å²) in [5.74, 6) is -3.11. The molecule has 0 bridgehead atoms. The summed E-state index contributed by atoms with van der Waals surface area (Å²) in [6, 6.07) is 5.25. The Bertz CT molecular complexity index is 482. The van der Waals surface area contributed by atoms with Gasteiger partial charge in [-0.3, -0.25) is 4.79 Å². The number of hydrogen-bond donors (Lipinski definition) is 1. The van der Waals surface area contributed by atoms with Crippen molar-refractivity contribution in [2.45, 2.75) is 25.4 Å². The fraction of sp³-hybridized carbons (Fsp3) is 0.429. The van der Waals surface area contributed by atoms with Crippen LogP contribution in [0.2, 0.25) is 0 Å². The number of aliphatic carboxylic acids is 1. The molecule has 1 saturated heterocycles. The second kappa shape index (κ2) is 6.47. The number of carboxylic acid groups (broad SMARTS) is 1. The summed E-state index contributed by atoms with van der Waals surface area (Å²) in [4.78, 5) is 22.9. The largest absolute Gasteiger partial charge is 0.550 e. The standard InChI is InChI=1S/C14H16FNO4/c15-9-3-5-10(6-4-9)16-13(17)8-11(14(18)19)12-2-1-7-20-12/h3-6,11-12H,1-2,7-8H2,(H,16,17)(H,18,19)/p-1/t11-,12+/m1/s1. The van der Waals surface area contributed by atoms with E-state index in [1.165, 1.54) is 24.3 Å². The lowest BCUT2D eigenvalue weighted by molar-refractivity contribution is -0.314. The highest BCUT2D eigenvalue weighted by Crippen LogP contribution is 2.23. The molecule has 1 aromatic rings. The Kier molecular flexibility index (Phi) is 4.68. The number of amides is 1. The summed E-state index contributed by atoms with van der Waals surface area (Å²) >= 11 is 0. The maximum atomic E-state index is 12.7. The van der Waals surface area contributed by atoms with Gasteiger partial charge in [-0.05, 0) is 37.1 Å². The van der Waals surface area contributed by atoms with Crippen molar-refractivity contribution in [3.05, 3.63) is 30.1 Å². The highest BCUT2D eigenvalue weighted by molar-refractivity contribution is 5.93. The van der Waals surface area contributed by atoms with E-state index in [1.54, 1.807) is 0 Å². The highest BCUT2D eigenvalue weighted by Gasteiger charge is 2.28. The lowest BCUT2D eigenvalue weighted by Crippen LogP contribution is -2.40. The molecule has 0 radical (unpaired) electrons. The van der Waals surface area contributed by atoms with E-state index >= 15 is 0 Å². The molecule has 108 valence electrons. The van der Waals surface area contributed by atoms with Gasteiger partial charge >= 0.3 is 0 Å². The third-order valence-corrected chi connectivity index (χ3v) is 3.25. The second-order valence-corrected chi connectivity index (χ2v) is 4.74. The smallest absolute Gasteiger partial charge is 0.225 e. The topological polar surface area (TPSA) is 78.5 Å². The fourth-order valence-corrected chi connectivity index (χ4v) is 2.23. The molecule has 1 aliphatic heterocycles. The van der Waals surface area contributed by atoms with Gasteiger partial charge in [-0.25, -0.2) is 4.39 Å². The molecule has 1 aromatic carbocycles. The third kappa shape index (κ3) is 3.77. The Labute approximate surface area is 115 Å². The summed E-state index contributed by atoms with van der Waals surface area (Å²) < 4.78 is 18.0. The first-order valence-electron chi connectivity index (χ1n) is 6.44. The van der Waals surface area contributed by atoms with E-state index in [2.05, 4.69) is 5.32 Å². The van der Waals surface area contributed by atoms with E-state index < -0.39 is 29.7 Å². The quantitative estimate of drug-likeness (QED) is 0.861. The highest BCUT2D eigenvalue weighted by atomic mass is 19.1. The molecule has 0 unspecified atom stereocenters. The first-order chi connectivity index (χ1) is 9.56. The summed E-state index contributed by atoms with van der Waals surface area (Å²) in [6.07, 6.45) is 0.708. The predicted molar refractivity (Wildman–Crippen MR) is 67.1 cm³/mol. The number of halogens is 1. The lowest BCUT2D eigenvalue weighted by atomic mass is 9.96. The molecule has 0 spiro atoms. The minimum Gasteiger partial charge on any atom is -0.550 e. The van der Waals surface area contributed by atoms with Crippen LogP contribution in [0.3, 0.4) is 0 Å². The Hall–Kier alpha value is -1.95. The predicted octanol–water partition coefficient (Wildman–Crippen LogP) is 0.699. The zero-order valence-corrected chi connectivity index (χ0v) is 10.8. The van der Waals surface area contributed by atoms with Crippen LogP contribution in [0, 0.1) is 11.7 Å². The Morgan fingerprint density at radius 2 is 2.10 bits per heavy atom. The second-order valence-electron chi connectivity index (χ2n) is 4.74. The number of benzene rings is 1. The van der Waals surface area contributed by atoms with E-state index in [4.69, 9.17) is 4.74 Å². The van der Waals surface area contributed by atoms with Gasteiger partial charge in [0, 0.05) is 30.6 Å². The number of carboxylic acids is 1. The normalized spacial score (nSPS) is 19.6. The van der Waals surface area contributed by atoms with E-state index in [-0.39, 0.29) is 6.42 Å². The Morgan fingerprint density at radius 1 is 1.40 bits per heavy atom. The van der Waals surface area contributed by atoms with Gasteiger partial charge in [-0.2, -0.15) is 0 Å². The van der Waals surface area contributed by atoms with Crippen molar-refractivity contribution < 1.29 is 23.8 Å². The number of carbonyl (C=O) groups excluding carboxylic acids is 2. The molecule has 1 heterocycles. The molecular weight excluding hydrogens is 265 g/mol. The van der Waals surface area contributed by atoms with Gasteiger partial charge < -0.3 is 20.0 Å². The molecule has 1 aliphatic rings. The molecule has 20 heavy (non-hydrogen) atoms. The Morgan fingerprint density at radius 3 is 2.65 bits per heavy atom. The number of anilines is 1. The minimum absolute atomic E-state index is 0.218. The average molecular weight is 280 g/mol. The Balaban J connectivity index is 1.94. The van der Waals surface area contributed by atoms with Crippen LogP contribution in [0.1, 0.15) is 19.3 Å². The monoisotopic (exact) mass is 280 g/mol. The molecule has 5 nitrogen and oxygen atoms in total. The number of nitrogens with one attached hydrogen (secondary N) is 1. The van der Waals surface area contributed by atoms with Gasteiger partial charge in [0.15, 0.2) is 0 Å². The molecule has 0 aliphatic carbocycles. The van der Waals surface area contributed by atoms with Crippen LogP contribution in [0.5, 0.6) is 0 Å². The molecule has 1 amide bonds. The van der Waals surface area contributed by atoms with Crippen molar-refractivity contribution in [3.63, 3.8) is 0 Å². The van der Waals surface area contributed by atoms with Gasteiger partial charge in [0.25, 0.3) is 0 Å². The number of rotatable bonds is 5. The molecule has 1 fully saturated rings. The van der Waals surface area contributed by atoms with Crippen LogP contribution in [0.15, 0.2) is 24.3 Å². The zero-order valence-electron chi connectivity index (χ0n) is 10.8. The van der Waals surface area contributed by atoms with Crippen molar-refractivity contribution in [3.8, 4) is 0 Å². The molecule has 1 N–H and O–H groups in total. The molecule has 2 atom stereocenters. The maximum absolute atomic E-state index is 12.7. The van der Waals surface area contributed by atoms with E-state index in [1.807, 2.05) is 0 Å². The summed E-state index contributed by atoms with van der Waals surface area (Å²) in [5, 5.41) is 13.6. The number of ether oxygens (including phenoxy) is 1. The van der Waals surface area contributed by atoms with Crippen LogP contribution in [0.4, 0.5) is 10.1 Å². The van der Waals surface area contributed by atoms with E-state index in [0.717, 1.165) is 6.42 Å². The van der Waals surface area contributed by atoms with Gasteiger partial charge in [0.2, 0.25) is 5.91 Å². The summed E-state index contributed by atoms with van der Waals surface area (Å²) in [5.41, 5.74) is 0.417. The maximum Gasteiger partial charge on any atom is 0.225 e. The van der Waals surface area contributed by atoms with Crippen molar-refractivity contribution in [1.29, 1.82) is 0 Å². The fourth-order valence-electron chi connectivity index (χ4n) is 2.23. The van der Waals surface area contributed by atoms with Crippen LogP contribution in [-0.4, -0.2) is 24.6 Å². The van der Waals surface area contributed by atoms with Crippen molar-refractivity contribution in [2.24, 2.45) is 5.92 Å².